The van der Waals surface area contributed by atoms with Crippen LogP contribution in [0.3, 0.4) is 0 Å². The van der Waals surface area contributed by atoms with Gasteiger partial charge in [-0.2, -0.15) is 0 Å². The van der Waals surface area contributed by atoms with Crippen LogP contribution in [-0.2, 0) is 0 Å². The first kappa shape index (κ1) is 16.3. The summed E-state index contributed by atoms with van der Waals surface area (Å²) in [7, 11) is 0. The number of amides is 1. The molecule has 1 unspecified atom stereocenters. The molecule has 19 heavy (non-hydrogen) atoms. The molecule has 1 atom stereocenters. The average Bonchev–Trinajstić information content (AvgIpc) is 2.41. The Morgan fingerprint density at radius 3 is 2.79 bits per heavy atom. The summed E-state index contributed by atoms with van der Waals surface area (Å²) in [5.41, 5.74) is 0.359. The van der Waals surface area contributed by atoms with E-state index in [1.165, 1.54) is 12.8 Å². The molecule has 0 aliphatic carbocycles. The number of halogens is 1. The van der Waals surface area contributed by atoms with Gasteiger partial charge in [-0.15, -0.1) is 0 Å². The summed E-state index contributed by atoms with van der Waals surface area (Å²) in [6.45, 7) is 5.00. The Bertz CT molecular complexity index is 421. The molecule has 1 aromatic carbocycles. The molecule has 1 amide bonds. The van der Waals surface area contributed by atoms with Crippen LogP contribution in [0.1, 0.15) is 49.9 Å². The first-order valence-electron chi connectivity index (χ1n) is 6.85. The number of carbonyl (C=O) groups excluding carboxylic acids is 1. The first-order chi connectivity index (χ1) is 9.08. The van der Waals surface area contributed by atoms with Gasteiger partial charge in [-0.3, -0.25) is 4.79 Å². The van der Waals surface area contributed by atoms with Crippen LogP contribution < -0.4 is 5.32 Å². The highest BCUT2D eigenvalue weighted by molar-refractivity contribution is 14.1. The van der Waals surface area contributed by atoms with Crippen molar-refractivity contribution in [2.75, 3.05) is 6.54 Å². The third kappa shape index (κ3) is 5.38. The van der Waals surface area contributed by atoms with Crippen LogP contribution in [0.25, 0.3) is 0 Å². The van der Waals surface area contributed by atoms with Crippen molar-refractivity contribution in [2.24, 2.45) is 5.92 Å². The lowest BCUT2D eigenvalue weighted by Gasteiger charge is -2.15. The molecule has 3 nitrogen and oxygen atoms in total. The second kappa shape index (κ2) is 8.40. The van der Waals surface area contributed by atoms with Crippen LogP contribution in [0.5, 0.6) is 5.75 Å². The number of benzene rings is 1. The third-order valence-corrected chi connectivity index (χ3v) is 3.97. The molecule has 0 aliphatic rings. The minimum absolute atomic E-state index is 0.0412. The highest BCUT2D eigenvalue weighted by atomic mass is 127. The van der Waals surface area contributed by atoms with E-state index in [9.17, 15) is 9.90 Å². The van der Waals surface area contributed by atoms with Crippen molar-refractivity contribution in [3.05, 3.63) is 27.3 Å². The molecule has 0 saturated carbocycles. The summed E-state index contributed by atoms with van der Waals surface area (Å²) in [6, 6.07) is 5.05. The number of phenols is 1. The van der Waals surface area contributed by atoms with E-state index in [1.807, 2.05) is 0 Å². The summed E-state index contributed by atoms with van der Waals surface area (Å²) >= 11 is 2.13. The summed E-state index contributed by atoms with van der Waals surface area (Å²) < 4.78 is 0.943. The van der Waals surface area contributed by atoms with Gasteiger partial charge in [0.05, 0.1) is 5.56 Å². The van der Waals surface area contributed by atoms with Crippen molar-refractivity contribution in [2.45, 2.75) is 39.5 Å². The minimum atomic E-state index is -0.189. The lowest BCUT2D eigenvalue weighted by Crippen LogP contribution is -2.29. The standard InChI is InChI=1S/C15H22INO2/c1-3-5-6-11(4-2)10-17-15(19)13-9-12(16)7-8-14(13)18/h7-9,11,18H,3-6,10H2,1-2H3,(H,17,19). The van der Waals surface area contributed by atoms with Crippen LogP contribution >= 0.6 is 22.6 Å². The zero-order chi connectivity index (χ0) is 14.3. The lowest BCUT2D eigenvalue weighted by molar-refractivity contribution is 0.0943. The SMILES string of the molecule is CCCCC(CC)CNC(=O)c1cc(I)ccc1O. The van der Waals surface area contributed by atoms with Gasteiger partial charge in [-0.1, -0.05) is 33.1 Å². The number of hydrogen-bond donors (Lipinski definition) is 2. The molecule has 1 rings (SSSR count). The molecule has 0 spiro atoms. The maximum atomic E-state index is 12.0. The van der Waals surface area contributed by atoms with E-state index in [4.69, 9.17) is 0 Å². The number of carbonyl (C=O) groups is 1. The Kier molecular flexibility index (Phi) is 7.20. The first-order valence-corrected chi connectivity index (χ1v) is 7.93. The molecular weight excluding hydrogens is 353 g/mol. The number of rotatable bonds is 7. The Labute approximate surface area is 128 Å². The van der Waals surface area contributed by atoms with E-state index in [2.05, 4.69) is 41.8 Å². The normalized spacial score (nSPS) is 12.2. The second-order valence-corrected chi connectivity index (χ2v) is 6.03. The van der Waals surface area contributed by atoms with Crippen molar-refractivity contribution >= 4 is 28.5 Å². The average molecular weight is 375 g/mol. The zero-order valence-corrected chi connectivity index (χ0v) is 13.7. The Hall–Kier alpha value is -0.780. The molecule has 2 N–H and O–H groups in total. The van der Waals surface area contributed by atoms with Crippen LogP contribution in [0.4, 0.5) is 0 Å². The molecule has 4 heteroatoms. The third-order valence-electron chi connectivity index (χ3n) is 3.30. The fourth-order valence-corrected chi connectivity index (χ4v) is 2.46. The Morgan fingerprint density at radius 1 is 1.42 bits per heavy atom. The predicted octanol–water partition coefficient (Wildman–Crippen LogP) is 3.94. The highest BCUT2D eigenvalue weighted by Crippen LogP contribution is 2.20. The fourth-order valence-electron chi connectivity index (χ4n) is 1.97. The molecule has 0 radical (unpaired) electrons. The van der Waals surface area contributed by atoms with E-state index in [-0.39, 0.29) is 11.7 Å². The molecule has 0 saturated heterocycles. The zero-order valence-electron chi connectivity index (χ0n) is 11.6. The number of aromatic hydroxyl groups is 1. The highest BCUT2D eigenvalue weighted by Gasteiger charge is 2.13. The number of nitrogens with one attached hydrogen (secondary N) is 1. The largest absolute Gasteiger partial charge is 0.507 e. The van der Waals surface area contributed by atoms with Crippen LogP contribution in [0.2, 0.25) is 0 Å². The molecule has 1 aromatic rings. The van der Waals surface area contributed by atoms with E-state index in [1.54, 1.807) is 18.2 Å². The van der Waals surface area contributed by atoms with E-state index >= 15 is 0 Å². The van der Waals surface area contributed by atoms with Crippen molar-refractivity contribution in [3.63, 3.8) is 0 Å². The van der Waals surface area contributed by atoms with Gasteiger partial charge in [0.15, 0.2) is 0 Å². The molecule has 0 aromatic heterocycles. The molecule has 0 aliphatic heterocycles. The van der Waals surface area contributed by atoms with Gasteiger partial charge in [-0.25, -0.2) is 0 Å². The molecule has 0 fully saturated rings. The molecule has 0 bridgehead atoms. The van der Waals surface area contributed by atoms with Gasteiger partial charge in [-0.05, 0) is 53.1 Å². The molecule has 0 heterocycles. The summed E-state index contributed by atoms with van der Waals surface area (Å²) in [5, 5.41) is 12.6. The quantitative estimate of drug-likeness (QED) is 0.710. The van der Waals surface area contributed by atoms with Gasteiger partial charge >= 0.3 is 0 Å². The van der Waals surface area contributed by atoms with E-state index in [0.29, 0.717) is 18.0 Å². The Balaban J connectivity index is 2.56. The topological polar surface area (TPSA) is 49.3 Å². The lowest BCUT2D eigenvalue weighted by atomic mass is 9.99. The van der Waals surface area contributed by atoms with Crippen molar-refractivity contribution < 1.29 is 9.90 Å². The minimum Gasteiger partial charge on any atom is -0.507 e. The van der Waals surface area contributed by atoms with Crippen LogP contribution in [0.15, 0.2) is 18.2 Å². The number of unbranched alkanes of at least 4 members (excludes halogenated alkanes) is 1. The van der Waals surface area contributed by atoms with Gasteiger partial charge < -0.3 is 10.4 Å². The summed E-state index contributed by atoms with van der Waals surface area (Å²) in [4.78, 5) is 12.0. The monoisotopic (exact) mass is 375 g/mol. The molecular formula is C15H22INO2. The second-order valence-electron chi connectivity index (χ2n) is 4.79. The maximum absolute atomic E-state index is 12.0. The maximum Gasteiger partial charge on any atom is 0.255 e. The van der Waals surface area contributed by atoms with Gasteiger partial charge in [0, 0.05) is 10.1 Å². The number of hydrogen-bond acceptors (Lipinski definition) is 2. The number of phenolic OH excluding ortho intramolecular Hbond substituents is 1. The summed E-state index contributed by atoms with van der Waals surface area (Å²) in [5.74, 6) is 0.374. The van der Waals surface area contributed by atoms with Crippen LogP contribution in [-0.4, -0.2) is 17.6 Å². The van der Waals surface area contributed by atoms with Crippen molar-refractivity contribution in [1.29, 1.82) is 0 Å². The van der Waals surface area contributed by atoms with Gasteiger partial charge in [0.1, 0.15) is 5.75 Å². The molecule has 106 valence electrons. The predicted molar refractivity (Wildman–Crippen MR) is 86.5 cm³/mol. The van der Waals surface area contributed by atoms with Crippen LogP contribution in [0, 0.1) is 9.49 Å². The van der Waals surface area contributed by atoms with Crippen molar-refractivity contribution in [1.82, 2.24) is 5.32 Å². The van der Waals surface area contributed by atoms with Gasteiger partial charge in [0.25, 0.3) is 5.91 Å². The Morgan fingerprint density at radius 2 is 2.16 bits per heavy atom. The smallest absolute Gasteiger partial charge is 0.255 e. The van der Waals surface area contributed by atoms with E-state index < -0.39 is 0 Å². The summed E-state index contributed by atoms with van der Waals surface area (Å²) in [6.07, 6.45) is 4.59. The van der Waals surface area contributed by atoms with Gasteiger partial charge in [0.2, 0.25) is 0 Å². The fraction of sp³-hybridized carbons (Fsp3) is 0.533. The van der Waals surface area contributed by atoms with E-state index in [0.717, 1.165) is 16.4 Å². The van der Waals surface area contributed by atoms with Crippen molar-refractivity contribution in [3.8, 4) is 5.75 Å².